The van der Waals surface area contributed by atoms with Crippen LogP contribution in [0.3, 0.4) is 0 Å². The Bertz CT molecular complexity index is 1130. The van der Waals surface area contributed by atoms with Crippen LogP contribution in [0.5, 0.6) is 0 Å². The molecule has 2 fully saturated rings. The lowest BCUT2D eigenvalue weighted by atomic mass is 9.84. The molecule has 1 aromatic heterocycles. The van der Waals surface area contributed by atoms with Gasteiger partial charge in [-0.3, -0.25) is 4.90 Å². The van der Waals surface area contributed by atoms with Gasteiger partial charge in [-0.05, 0) is 48.6 Å². The zero-order chi connectivity index (χ0) is 21.3. The summed E-state index contributed by atoms with van der Waals surface area (Å²) in [6.07, 6.45) is 6.31. The van der Waals surface area contributed by atoms with Gasteiger partial charge >= 0.3 is 0 Å². The quantitative estimate of drug-likeness (QED) is 0.590. The second-order valence-corrected chi connectivity index (χ2v) is 10.6. The molecule has 1 saturated carbocycles. The van der Waals surface area contributed by atoms with Crippen LogP contribution < -0.4 is 0 Å². The number of hydrogen-bond donors (Lipinski definition) is 0. The van der Waals surface area contributed by atoms with E-state index in [1.807, 2.05) is 36.4 Å². The fourth-order valence-corrected chi connectivity index (χ4v) is 6.31. The lowest BCUT2D eigenvalue weighted by Gasteiger charge is -2.33. The van der Waals surface area contributed by atoms with Crippen LogP contribution in [0.1, 0.15) is 49.3 Å². The van der Waals surface area contributed by atoms with Crippen molar-refractivity contribution in [3.05, 3.63) is 59.8 Å². The predicted octanol–water partition coefficient (Wildman–Crippen LogP) is 4.38. The summed E-state index contributed by atoms with van der Waals surface area (Å²) in [7, 11) is -3.46. The molecule has 0 spiro atoms. The van der Waals surface area contributed by atoms with E-state index in [1.165, 1.54) is 37.7 Å². The Balaban J connectivity index is 1.22. The Morgan fingerprint density at radius 1 is 0.903 bits per heavy atom. The Morgan fingerprint density at radius 3 is 2.35 bits per heavy atom. The van der Waals surface area contributed by atoms with Gasteiger partial charge in [-0.15, -0.1) is 0 Å². The highest BCUT2D eigenvalue weighted by atomic mass is 32.2. The van der Waals surface area contributed by atoms with E-state index in [9.17, 15) is 8.42 Å². The first-order chi connectivity index (χ1) is 15.1. The van der Waals surface area contributed by atoms with Crippen molar-refractivity contribution in [1.82, 2.24) is 14.4 Å². The van der Waals surface area contributed by atoms with E-state index < -0.39 is 10.0 Å². The van der Waals surface area contributed by atoms with Crippen LogP contribution >= 0.6 is 0 Å². The Labute approximate surface area is 183 Å². The third kappa shape index (κ3) is 4.27. The van der Waals surface area contributed by atoms with Gasteiger partial charge in [0.15, 0.2) is 5.58 Å². The molecule has 0 amide bonds. The molecule has 0 unspecified atom stereocenters. The van der Waals surface area contributed by atoms with E-state index in [0.29, 0.717) is 43.5 Å². The van der Waals surface area contributed by atoms with Crippen LogP contribution in [0.4, 0.5) is 0 Å². The van der Waals surface area contributed by atoms with Crippen LogP contribution in [0.25, 0.3) is 11.0 Å². The molecule has 1 saturated heterocycles. The van der Waals surface area contributed by atoms with Crippen LogP contribution in [0.2, 0.25) is 0 Å². The van der Waals surface area contributed by atoms with E-state index in [1.54, 1.807) is 16.4 Å². The molecule has 5 rings (SSSR count). The average Bonchev–Trinajstić information content (AvgIpc) is 3.23. The third-order valence-corrected chi connectivity index (χ3v) is 8.66. The molecule has 31 heavy (non-hydrogen) atoms. The first kappa shape index (κ1) is 20.7. The molecule has 3 aromatic rings. The lowest BCUT2D eigenvalue weighted by molar-refractivity contribution is 0.178. The van der Waals surface area contributed by atoms with Crippen molar-refractivity contribution in [2.45, 2.75) is 49.5 Å². The number of aromatic nitrogens is 1. The number of hydrogen-bond acceptors (Lipinski definition) is 5. The van der Waals surface area contributed by atoms with Gasteiger partial charge in [0, 0.05) is 38.1 Å². The number of sulfonamides is 1. The Morgan fingerprint density at radius 2 is 1.61 bits per heavy atom. The minimum absolute atomic E-state index is 0.406. The minimum atomic E-state index is -3.46. The van der Waals surface area contributed by atoms with Crippen LogP contribution in [0, 0.1) is 0 Å². The van der Waals surface area contributed by atoms with Gasteiger partial charge in [-0.1, -0.05) is 48.7 Å². The van der Waals surface area contributed by atoms with Gasteiger partial charge in [0.2, 0.25) is 10.0 Å². The Kier molecular flexibility index (Phi) is 5.82. The topological polar surface area (TPSA) is 66.7 Å². The molecule has 0 bridgehead atoms. The molecule has 1 aliphatic heterocycles. The van der Waals surface area contributed by atoms with Crippen LogP contribution in [-0.4, -0.2) is 49.0 Å². The van der Waals surface area contributed by atoms with E-state index in [0.717, 1.165) is 16.7 Å². The monoisotopic (exact) mass is 439 g/mol. The highest BCUT2D eigenvalue weighted by molar-refractivity contribution is 7.89. The molecule has 2 heterocycles. The largest absolute Gasteiger partial charge is 0.356 e. The second-order valence-electron chi connectivity index (χ2n) is 8.71. The fraction of sp³-hybridized carbons (Fsp3) is 0.458. The molecule has 0 atom stereocenters. The summed E-state index contributed by atoms with van der Waals surface area (Å²) < 4.78 is 33.3. The van der Waals surface area contributed by atoms with E-state index in [-0.39, 0.29) is 0 Å². The normalized spacial score (nSPS) is 19.7. The molecule has 2 aromatic carbocycles. The van der Waals surface area contributed by atoms with Gasteiger partial charge < -0.3 is 4.52 Å². The average molecular weight is 440 g/mol. The van der Waals surface area contributed by atoms with Crippen molar-refractivity contribution in [2.24, 2.45) is 0 Å². The van der Waals surface area contributed by atoms with E-state index >= 15 is 0 Å². The van der Waals surface area contributed by atoms with Crippen molar-refractivity contribution >= 4 is 21.0 Å². The zero-order valence-electron chi connectivity index (χ0n) is 17.7. The van der Waals surface area contributed by atoms with Crippen molar-refractivity contribution < 1.29 is 12.9 Å². The summed E-state index contributed by atoms with van der Waals surface area (Å²) in [5, 5.41) is 5.23. The maximum absolute atomic E-state index is 13.2. The number of fused-ring (bicyclic) bond motifs is 1. The summed E-state index contributed by atoms with van der Waals surface area (Å²) >= 11 is 0. The molecule has 7 heteroatoms. The summed E-state index contributed by atoms with van der Waals surface area (Å²) in [6.45, 7) is 3.01. The highest BCUT2D eigenvalue weighted by Gasteiger charge is 2.29. The molecule has 0 radical (unpaired) electrons. The summed E-state index contributed by atoms with van der Waals surface area (Å²) in [5.41, 5.74) is 2.98. The maximum Gasteiger partial charge on any atom is 0.243 e. The Hall–Kier alpha value is -2.22. The van der Waals surface area contributed by atoms with Gasteiger partial charge in [-0.25, -0.2) is 8.42 Å². The second kappa shape index (κ2) is 8.73. The predicted molar refractivity (Wildman–Crippen MR) is 120 cm³/mol. The van der Waals surface area contributed by atoms with E-state index in [4.69, 9.17) is 4.52 Å². The first-order valence-electron chi connectivity index (χ1n) is 11.3. The van der Waals surface area contributed by atoms with Crippen molar-refractivity contribution in [3.8, 4) is 0 Å². The van der Waals surface area contributed by atoms with Gasteiger partial charge in [0.25, 0.3) is 0 Å². The number of piperazine rings is 1. The number of rotatable bonds is 5. The van der Waals surface area contributed by atoms with E-state index in [2.05, 4.69) is 10.1 Å². The third-order valence-electron chi connectivity index (χ3n) is 6.75. The molecule has 2 aliphatic rings. The van der Waals surface area contributed by atoms with Gasteiger partial charge in [-0.2, -0.15) is 4.31 Å². The lowest BCUT2D eigenvalue weighted by Crippen LogP contribution is -2.48. The first-order valence-corrected chi connectivity index (χ1v) is 12.7. The zero-order valence-corrected chi connectivity index (χ0v) is 18.6. The molecule has 6 nitrogen and oxygen atoms in total. The molecular formula is C24H29N3O3S. The summed E-state index contributed by atoms with van der Waals surface area (Å²) in [6, 6.07) is 15.5. The fourth-order valence-electron chi connectivity index (χ4n) is 4.89. The smallest absolute Gasteiger partial charge is 0.243 e. The molecular weight excluding hydrogens is 410 g/mol. The number of nitrogens with zero attached hydrogens (tertiary/aromatic N) is 3. The molecule has 1 aliphatic carbocycles. The van der Waals surface area contributed by atoms with Gasteiger partial charge in [0.1, 0.15) is 5.69 Å². The van der Waals surface area contributed by atoms with Crippen molar-refractivity contribution in [1.29, 1.82) is 0 Å². The molecule has 0 N–H and O–H groups in total. The number of benzene rings is 2. The van der Waals surface area contributed by atoms with Crippen molar-refractivity contribution in [3.63, 3.8) is 0 Å². The van der Waals surface area contributed by atoms with Crippen molar-refractivity contribution in [2.75, 3.05) is 26.2 Å². The minimum Gasteiger partial charge on any atom is -0.356 e. The SMILES string of the molecule is O=S(=O)(c1ccc(C2CCCCC2)cc1)N1CCN(Cc2noc3ccccc23)CC1. The number of para-hydroxylation sites is 1. The maximum atomic E-state index is 13.2. The summed E-state index contributed by atoms with van der Waals surface area (Å²) in [4.78, 5) is 2.64. The van der Waals surface area contributed by atoms with Crippen LogP contribution in [-0.2, 0) is 16.6 Å². The van der Waals surface area contributed by atoms with Crippen LogP contribution in [0.15, 0.2) is 57.9 Å². The molecule has 164 valence electrons. The standard InChI is InChI=1S/C24H29N3O3S/c28-31(29,21-12-10-20(11-13-21)19-6-2-1-3-7-19)27-16-14-26(15-17-27)18-23-22-8-4-5-9-24(22)30-25-23/h4-5,8-13,19H,1-3,6-7,14-18H2. The van der Waals surface area contributed by atoms with Gasteiger partial charge in [0.05, 0.1) is 4.90 Å². The highest BCUT2D eigenvalue weighted by Crippen LogP contribution is 2.33. The summed E-state index contributed by atoms with van der Waals surface area (Å²) in [5.74, 6) is 0.585.